The first-order chi connectivity index (χ1) is 9.27. The van der Waals surface area contributed by atoms with Crippen molar-refractivity contribution >= 4 is 0 Å². The molecule has 2 rings (SSSR count). The molecule has 110 valence electrons. The number of hydrogen-bond donors (Lipinski definition) is 4. The van der Waals surface area contributed by atoms with E-state index in [0.29, 0.717) is 30.4 Å². The maximum Gasteiger partial charge on any atom is 0.261 e. The zero-order chi connectivity index (χ0) is 15.1. The number of rotatable bonds is 2. The summed E-state index contributed by atoms with van der Waals surface area (Å²) in [5.41, 5.74) is 0.0500. The second-order valence-electron chi connectivity index (χ2n) is 5.80. The molecule has 0 aromatic heterocycles. The summed E-state index contributed by atoms with van der Waals surface area (Å²) in [6.45, 7) is 3.00. The van der Waals surface area contributed by atoms with Crippen LogP contribution < -0.4 is 5.43 Å². The van der Waals surface area contributed by atoms with Gasteiger partial charge < -0.3 is 20.4 Å². The Hall–Kier alpha value is -1.59. The molecule has 20 heavy (non-hydrogen) atoms. The van der Waals surface area contributed by atoms with Gasteiger partial charge in [0.2, 0.25) is 0 Å². The van der Waals surface area contributed by atoms with Crippen LogP contribution in [0.1, 0.15) is 30.0 Å². The topological polar surface area (TPSA) is 98.0 Å². The normalized spacial score (nSPS) is 21.1. The van der Waals surface area contributed by atoms with Crippen LogP contribution in [0.25, 0.3) is 0 Å². The SMILES string of the molecule is Cc1cc(O)c(=O)c(O)c2c1CC(C(C)(O)CO)CC2. The van der Waals surface area contributed by atoms with Crippen LogP contribution in [0.5, 0.6) is 11.5 Å². The predicted molar refractivity (Wildman–Crippen MR) is 74.0 cm³/mol. The third-order valence-electron chi connectivity index (χ3n) is 4.32. The van der Waals surface area contributed by atoms with Crippen LogP contribution in [0.4, 0.5) is 0 Å². The molecule has 4 N–H and O–H groups in total. The van der Waals surface area contributed by atoms with Gasteiger partial charge in [-0.05, 0) is 56.2 Å². The number of aliphatic hydroxyl groups is 2. The highest BCUT2D eigenvalue weighted by Crippen LogP contribution is 2.36. The van der Waals surface area contributed by atoms with Crippen molar-refractivity contribution in [3.63, 3.8) is 0 Å². The van der Waals surface area contributed by atoms with Crippen molar-refractivity contribution in [1.82, 2.24) is 0 Å². The molecule has 0 spiro atoms. The summed E-state index contributed by atoms with van der Waals surface area (Å²) in [7, 11) is 0. The average Bonchev–Trinajstić information content (AvgIpc) is 2.51. The summed E-state index contributed by atoms with van der Waals surface area (Å²) in [5.74, 6) is -1.04. The fraction of sp³-hybridized carbons (Fsp3) is 0.533. The maximum absolute atomic E-state index is 11.7. The van der Waals surface area contributed by atoms with Crippen LogP contribution in [0.3, 0.4) is 0 Å². The molecule has 0 saturated carbocycles. The number of aromatic hydroxyl groups is 2. The van der Waals surface area contributed by atoms with Gasteiger partial charge in [0.15, 0.2) is 11.5 Å². The Morgan fingerprint density at radius 1 is 1.35 bits per heavy atom. The minimum absolute atomic E-state index is 0.155. The molecule has 1 aromatic rings. The van der Waals surface area contributed by atoms with E-state index in [4.69, 9.17) is 0 Å². The van der Waals surface area contributed by atoms with E-state index in [1.165, 1.54) is 6.07 Å². The summed E-state index contributed by atoms with van der Waals surface area (Å²) in [6, 6.07) is 1.34. The maximum atomic E-state index is 11.7. The molecule has 2 atom stereocenters. The highest BCUT2D eigenvalue weighted by Gasteiger charge is 2.35. The summed E-state index contributed by atoms with van der Waals surface area (Å²) in [4.78, 5) is 11.7. The summed E-state index contributed by atoms with van der Waals surface area (Å²) < 4.78 is 0. The van der Waals surface area contributed by atoms with Gasteiger partial charge in [0.1, 0.15) is 0 Å². The Morgan fingerprint density at radius 2 is 2.00 bits per heavy atom. The molecule has 5 nitrogen and oxygen atoms in total. The van der Waals surface area contributed by atoms with E-state index in [-0.39, 0.29) is 12.5 Å². The molecule has 1 aromatic carbocycles. The lowest BCUT2D eigenvalue weighted by molar-refractivity contribution is -0.0509. The molecule has 2 unspecified atom stereocenters. The first-order valence-electron chi connectivity index (χ1n) is 6.68. The zero-order valence-electron chi connectivity index (χ0n) is 11.7. The van der Waals surface area contributed by atoms with Crippen molar-refractivity contribution in [2.45, 2.75) is 38.7 Å². The minimum Gasteiger partial charge on any atom is -0.504 e. The highest BCUT2D eigenvalue weighted by atomic mass is 16.3. The van der Waals surface area contributed by atoms with Crippen LogP contribution in [-0.2, 0) is 12.8 Å². The Bertz CT molecular complexity index is 592. The molecule has 1 aliphatic rings. The van der Waals surface area contributed by atoms with Gasteiger partial charge in [-0.3, -0.25) is 4.79 Å². The van der Waals surface area contributed by atoms with Crippen LogP contribution in [0.2, 0.25) is 0 Å². The number of hydrogen-bond acceptors (Lipinski definition) is 5. The summed E-state index contributed by atoms with van der Waals surface area (Å²) in [5, 5.41) is 39.0. The van der Waals surface area contributed by atoms with Gasteiger partial charge in [0.05, 0.1) is 12.2 Å². The van der Waals surface area contributed by atoms with Gasteiger partial charge in [-0.2, -0.15) is 0 Å². The van der Waals surface area contributed by atoms with Crippen molar-refractivity contribution in [2.24, 2.45) is 5.92 Å². The van der Waals surface area contributed by atoms with Gasteiger partial charge in [-0.1, -0.05) is 0 Å². The number of fused-ring (bicyclic) bond motifs is 1. The lowest BCUT2D eigenvalue weighted by Crippen LogP contribution is -2.41. The molecule has 1 aliphatic carbocycles. The van der Waals surface area contributed by atoms with E-state index in [1.54, 1.807) is 13.8 Å². The quantitative estimate of drug-likeness (QED) is 0.636. The van der Waals surface area contributed by atoms with Gasteiger partial charge in [0, 0.05) is 5.56 Å². The molecule has 0 bridgehead atoms. The van der Waals surface area contributed by atoms with E-state index in [1.807, 2.05) is 0 Å². The smallest absolute Gasteiger partial charge is 0.261 e. The van der Waals surface area contributed by atoms with Crippen LogP contribution in [0, 0.1) is 12.8 Å². The monoisotopic (exact) mass is 280 g/mol. The Balaban J connectivity index is 2.56. The van der Waals surface area contributed by atoms with Gasteiger partial charge in [-0.25, -0.2) is 0 Å². The molecule has 0 radical (unpaired) electrons. The third kappa shape index (κ3) is 2.39. The van der Waals surface area contributed by atoms with E-state index in [0.717, 1.165) is 5.56 Å². The van der Waals surface area contributed by atoms with E-state index in [2.05, 4.69) is 0 Å². The lowest BCUT2D eigenvalue weighted by Gasteiger charge is -2.35. The molecular weight excluding hydrogens is 260 g/mol. The number of aryl methyl sites for hydroxylation is 1. The van der Waals surface area contributed by atoms with Gasteiger partial charge in [-0.15, -0.1) is 0 Å². The summed E-state index contributed by atoms with van der Waals surface area (Å²) >= 11 is 0. The van der Waals surface area contributed by atoms with Crippen molar-refractivity contribution < 1.29 is 20.4 Å². The molecule has 0 saturated heterocycles. The standard InChI is InChI=1S/C15H20O5/c1-8-5-12(17)14(19)13(18)10-4-3-9(6-11(8)10)15(2,20)7-16/h5,9,16,20H,3-4,6-7H2,1-2H3,(H2,17,18,19). The first kappa shape index (κ1) is 14.8. The number of aliphatic hydroxyl groups excluding tert-OH is 1. The average molecular weight is 280 g/mol. The van der Waals surface area contributed by atoms with Crippen LogP contribution in [-0.4, -0.2) is 32.6 Å². The van der Waals surface area contributed by atoms with Crippen LogP contribution in [0.15, 0.2) is 10.9 Å². The molecule has 0 fully saturated rings. The molecule has 0 amide bonds. The van der Waals surface area contributed by atoms with Crippen molar-refractivity contribution in [1.29, 1.82) is 0 Å². The first-order valence-corrected chi connectivity index (χ1v) is 6.68. The fourth-order valence-corrected chi connectivity index (χ4v) is 2.88. The second-order valence-corrected chi connectivity index (χ2v) is 5.80. The second kappa shape index (κ2) is 5.07. The largest absolute Gasteiger partial charge is 0.504 e. The van der Waals surface area contributed by atoms with E-state index >= 15 is 0 Å². The lowest BCUT2D eigenvalue weighted by atomic mass is 9.75. The third-order valence-corrected chi connectivity index (χ3v) is 4.32. The van der Waals surface area contributed by atoms with Crippen molar-refractivity contribution in [3.8, 4) is 11.5 Å². The Labute approximate surface area is 117 Å². The Kier molecular flexibility index (Phi) is 3.75. The van der Waals surface area contributed by atoms with E-state index in [9.17, 15) is 25.2 Å². The van der Waals surface area contributed by atoms with Gasteiger partial charge in [0.25, 0.3) is 5.43 Å². The summed E-state index contributed by atoms with van der Waals surface area (Å²) in [6.07, 6.45) is 1.46. The zero-order valence-corrected chi connectivity index (χ0v) is 11.7. The van der Waals surface area contributed by atoms with Crippen molar-refractivity contribution in [2.75, 3.05) is 6.61 Å². The Morgan fingerprint density at radius 3 is 2.60 bits per heavy atom. The molecule has 0 aliphatic heterocycles. The highest BCUT2D eigenvalue weighted by molar-refractivity contribution is 5.47. The molecular formula is C15H20O5. The molecule has 0 heterocycles. The fourth-order valence-electron chi connectivity index (χ4n) is 2.88. The minimum atomic E-state index is -1.20. The van der Waals surface area contributed by atoms with Crippen LogP contribution >= 0.6 is 0 Å². The molecule has 5 heteroatoms. The van der Waals surface area contributed by atoms with E-state index < -0.39 is 22.5 Å². The predicted octanol–water partition coefficient (Wildman–Crippen LogP) is 0.615. The van der Waals surface area contributed by atoms with Gasteiger partial charge >= 0.3 is 0 Å². The van der Waals surface area contributed by atoms with Crippen molar-refractivity contribution in [3.05, 3.63) is 33.0 Å².